The van der Waals surface area contributed by atoms with Gasteiger partial charge in [0.2, 0.25) is 0 Å². The lowest BCUT2D eigenvalue weighted by Gasteiger charge is -2.05. The molecule has 2 rings (SSSR count). The third-order valence-corrected chi connectivity index (χ3v) is 4.13. The van der Waals surface area contributed by atoms with Crippen molar-refractivity contribution in [1.82, 2.24) is 9.36 Å². The van der Waals surface area contributed by atoms with Gasteiger partial charge in [0.1, 0.15) is 11.6 Å². The highest BCUT2D eigenvalue weighted by molar-refractivity contribution is 8.01. The zero-order valence-corrected chi connectivity index (χ0v) is 10.9. The van der Waals surface area contributed by atoms with Gasteiger partial charge in [-0.2, -0.15) is 4.37 Å². The number of benzene rings is 1. The molecule has 3 nitrogen and oxygen atoms in total. The maximum atomic E-state index is 13.5. The molecule has 0 spiro atoms. The van der Waals surface area contributed by atoms with Crippen LogP contribution in [-0.2, 0) is 13.0 Å². The molecule has 0 aliphatic heterocycles. The van der Waals surface area contributed by atoms with Crippen LogP contribution in [0.3, 0.4) is 0 Å². The van der Waals surface area contributed by atoms with Crippen molar-refractivity contribution < 1.29 is 4.39 Å². The predicted octanol–water partition coefficient (Wildman–Crippen LogP) is 2.85. The second-order valence-electron chi connectivity index (χ2n) is 3.35. The number of rotatable bonds is 4. The second kappa shape index (κ2) is 5.57. The maximum Gasteiger partial charge on any atom is 0.174 e. The molecular formula is C11H12FN3S2. The molecule has 0 aliphatic carbocycles. The normalized spacial score (nSPS) is 10.8. The van der Waals surface area contributed by atoms with Gasteiger partial charge in [-0.05, 0) is 23.7 Å². The molecule has 0 amide bonds. The standard InChI is InChI=1S/C11H12FN3S2/c1-2-10-14-11(17-15-10)16-9-5-3-4-8(12)7(9)6-13/h3-5H,2,6,13H2,1H3. The van der Waals surface area contributed by atoms with Crippen molar-refractivity contribution in [3.63, 3.8) is 0 Å². The zero-order chi connectivity index (χ0) is 12.3. The molecule has 0 radical (unpaired) electrons. The van der Waals surface area contributed by atoms with Crippen molar-refractivity contribution in [3.05, 3.63) is 35.4 Å². The van der Waals surface area contributed by atoms with E-state index < -0.39 is 0 Å². The Morgan fingerprint density at radius 3 is 2.94 bits per heavy atom. The fourth-order valence-electron chi connectivity index (χ4n) is 1.35. The number of nitrogens with zero attached hydrogens (tertiary/aromatic N) is 2. The van der Waals surface area contributed by atoms with Crippen molar-refractivity contribution in [2.45, 2.75) is 29.1 Å². The second-order valence-corrected chi connectivity index (χ2v) is 5.39. The van der Waals surface area contributed by atoms with E-state index in [9.17, 15) is 4.39 Å². The predicted molar refractivity (Wildman–Crippen MR) is 67.7 cm³/mol. The van der Waals surface area contributed by atoms with Gasteiger partial charge in [0.25, 0.3) is 0 Å². The van der Waals surface area contributed by atoms with E-state index in [4.69, 9.17) is 5.73 Å². The Balaban J connectivity index is 2.26. The first-order chi connectivity index (χ1) is 8.24. The van der Waals surface area contributed by atoms with Crippen LogP contribution in [0.2, 0.25) is 0 Å². The molecule has 17 heavy (non-hydrogen) atoms. The molecule has 1 aromatic heterocycles. The number of hydrogen-bond donors (Lipinski definition) is 1. The van der Waals surface area contributed by atoms with Gasteiger partial charge in [0.15, 0.2) is 4.34 Å². The van der Waals surface area contributed by atoms with Gasteiger partial charge in [-0.1, -0.05) is 24.8 Å². The van der Waals surface area contributed by atoms with Crippen LogP contribution in [0.15, 0.2) is 27.4 Å². The Morgan fingerprint density at radius 2 is 2.29 bits per heavy atom. The van der Waals surface area contributed by atoms with E-state index in [1.165, 1.54) is 29.4 Å². The van der Waals surface area contributed by atoms with E-state index >= 15 is 0 Å². The minimum atomic E-state index is -0.266. The lowest BCUT2D eigenvalue weighted by atomic mass is 10.2. The molecule has 2 N–H and O–H groups in total. The zero-order valence-electron chi connectivity index (χ0n) is 9.31. The van der Waals surface area contributed by atoms with Crippen LogP contribution in [0.4, 0.5) is 4.39 Å². The van der Waals surface area contributed by atoms with Crippen molar-refractivity contribution in [2.75, 3.05) is 0 Å². The van der Waals surface area contributed by atoms with Crippen LogP contribution in [0.25, 0.3) is 0 Å². The Kier molecular flexibility index (Phi) is 4.09. The van der Waals surface area contributed by atoms with E-state index in [1.807, 2.05) is 13.0 Å². The minimum Gasteiger partial charge on any atom is -0.326 e. The van der Waals surface area contributed by atoms with Crippen LogP contribution in [0, 0.1) is 5.82 Å². The number of nitrogens with two attached hydrogens (primary N) is 1. The lowest BCUT2D eigenvalue weighted by Crippen LogP contribution is -2.01. The molecule has 0 unspecified atom stereocenters. The Morgan fingerprint density at radius 1 is 1.47 bits per heavy atom. The first-order valence-electron chi connectivity index (χ1n) is 5.22. The molecule has 0 bridgehead atoms. The Bertz CT molecular complexity index is 513. The topological polar surface area (TPSA) is 51.8 Å². The average Bonchev–Trinajstić information content (AvgIpc) is 2.77. The van der Waals surface area contributed by atoms with Gasteiger partial charge in [0, 0.05) is 23.4 Å². The molecule has 0 saturated carbocycles. The molecule has 90 valence electrons. The summed E-state index contributed by atoms with van der Waals surface area (Å²) in [6, 6.07) is 4.95. The molecule has 2 aromatic rings. The molecule has 1 aromatic carbocycles. The summed E-state index contributed by atoms with van der Waals surface area (Å²) in [5.41, 5.74) is 6.08. The van der Waals surface area contributed by atoms with Crippen LogP contribution in [-0.4, -0.2) is 9.36 Å². The van der Waals surface area contributed by atoms with E-state index in [2.05, 4.69) is 9.36 Å². The summed E-state index contributed by atoms with van der Waals surface area (Å²) in [6.45, 7) is 2.19. The maximum absolute atomic E-state index is 13.5. The fourth-order valence-corrected chi connectivity index (χ4v) is 3.17. The lowest BCUT2D eigenvalue weighted by molar-refractivity contribution is 0.604. The molecular weight excluding hydrogens is 257 g/mol. The molecule has 0 fully saturated rings. The van der Waals surface area contributed by atoms with Crippen LogP contribution >= 0.6 is 23.3 Å². The van der Waals surface area contributed by atoms with Crippen LogP contribution in [0.5, 0.6) is 0 Å². The first-order valence-corrected chi connectivity index (χ1v) is 6.81. The highest BCUT2D eigenvalue weighted by atomic mass is 32.2. The third kappa shape index (κ3) is 2.83. The van der Waals surface area contributed by atoms with Crippen molar-refractivity contribution in [1.29, 1.82) is 0 Å². The largest absolute Gasteiger partial charge is 0.326 e. The SMILES string of the molecule is CCc1nsc(Sc2cccc(F)c2CN)n1. The summed E-state index contributed by atoms with van der Waals surface area (Å²) in [5, 5.41) is 0. The van der Waals surface area contributed by atoms with Gasteiger partial charge in [-0.3, -0.25) is 0 Å². The summed E-state index contributed by atoms with van der Waals surface area (Å²) < 4.78 is 18.5. The van der Waals surface area contributed by atoms with Gasteiger partial charge in [-0.25, -0.2) is 9.37 Å². The minimum absolute atomic E-state index is 0.189. The molecule has 6 heteroatoms. The van der Waals surface area contributed by atoms with Gasteiger partial charge < -0.3 is 5.73 Å². The monoisotopic (exact) mass is 269 g/mol. The van der Waals surface area contributed by atoms with Gasteiger partial charge >= 0.3 is 0 Å². The number of hydrogen-bond acceptors (Lipinski definition) is 5. The number of aromatic nitrogens is 2. The van der Waals surface area contributed by atoms with Crippen molar-refractivity contribution >= 4 is 23.3 Å². The Labute approximate surface area is 107 Å². The summed E-state index contributed by atoms with van der Waals surface area (Å²) in [5.74, 6) is 0.556. The molecule has 1 heterocycles. The van der Waals surface area contributed by atoms with Crippen LogP contribution in [0.1, 0.15) is 18.3 Å². The van der Waals surface area contributed by atoms with Crippen molar-refractivity contribution in [2.24, 2.45) is 5.73 Å². The third-order valence-electron chi connectivity index (χ3n) is 2.24. The first kappa shape index (κ1) is 12.5. The van der Waals surface area contributed by atoms with E-state index in [0.717, 1.165) is 21.5 Å². The smallest absolute Gasteiger partial charge is 0.174 e. The summed E-state index contributed by atoms with van der Waals surface area (Å²) in [7, 11) is 0. The summed E-state index contributed by atoms with van der Waals surface area (Å²) in [6.07, 6.45) is 0.809. The molecule has 0 atom stereocenters. The highest BCUT2D eigenvalue weighted by Gasteiger charge is 2.10. The summed E-state index contributed by atoms with van der Waals surface area (Å²) in [4.78, 5) is 5.15. The molecule has 0 saturated heterocycles. The van der Waals surface area contributed by atoms with Gasteiger partial charge in [-0.15, -0.1) is 0 Å². The summed E-state index contributed by atoms with van der Waals surface area (Å²) >= 11 is 2.75. The van der Waals surface area contributed by atoms with E-state index in [0.29, 0.717) is 5.56 Å². The highest BCUT2D eigenvalue weighted by Crippen LogP contribution is 2.32. The number of aryl methyl sites for hydroxylation is 1. The quantitative estimate of drug-likeness (QED) is 0.927. The van der Waals surface area contributed by atoms with Crippen molar-refractivity contribution in [3.8, 4) is 0 Å². The van der Waals surface area contributed by atoms with E-state index in [-0.39, 0.29) is 12.4 Å². The molecule has 0 aliphatic rings. The van der Waals surface area contributed by atoms with Gasteiger partial charge in [0.05, 0.1) is 0 Å². The van der Waals surface area contributed by atoms with Crippen LogP contribution < -0.4 is 5.73 Å². The van der Waals surface area contributed by atoms with E-state index in [1.54, 1.807) is 6.07 Å². The Hall–Kier alpha value is -0.980. The average molecular weight is 269 g/mol. The number of halogens is 1. The fraction of sp³-hybridized carbons (Fsp3) is 0.273.